The van der Waals surface area contributed by atoms with Crippen molar-refractivity contribution in [3.63, 3.8) is 0 Å². The predicted octanol–water partition coefficient (Wildman–Crippen LogP) is 2.57. The molecule has 1 amide bonds. The number of rotatable bonds is 1. The lowest BCUT2D eigenvalue weighted by atomic mass is 9.94. The summed E-state index contributed by atoms with van der Waals surface area (Å²) >= 11 is 0. The Balaban J connectivity index is 0.000000615. The first-order valence-electron chi connectivity index (χ1n) is 7.27. The minimum atomic E-state index is -1.52. The van der Waals surface area contributed by atoms with Gasteiger partial charge in [0.2, 0.25) is 11.7 Å². The van der Waals surface area contributed by atoms with E-state index >= 15 is 0 Å². The fourth-order valence-electron chi connectivity index (χ4n) is 2.33. The molecular formula is C16H21NO5. The van der Waals surface area contributed by atoms with Crippen LogP contribution in [-0.4, -0.2) is 29.9 Å². The average molecular weight is 307 g/mol. The van der Waals surface area contributed by atoms with Crippen molar-refractivity contribution in [2.45, 2.75) is 39.2 Å². The van der Waals surface area contributed by atoms with Crippen molar-refractivity contribution in [3.05, 3.63) is 23.8 Å². The highest BCUT2D eigenvalue weighted by molar-refractivity contribution is 6.20. The first-order chi connectivity index (χ1) is 10.4. The largest absolute Gasteiger partial charge is 0.466 e. The number of esters is 1. The van der Waals surface area contributed by atoms with Crippen LogP contribution in [0.25, 0.3) is 0 Å². The molecule has 0 aromatic heterocycles. The number of nitrogens with one attached hydrogen (secondary N) is 1. The number of hydrogen-bond donors (Lipinski definition) is 1. The van der Waals surface area contributed by atoms with Gasteiger partial charge in [0.15, 0.2) is 0 Å². The van der Waals surface area contributed by atoms with Crippen LogP contribution in [0.5, 0.6) is 5.75 Å². The fourth-order valence-corrected chi connectivity index (χ4v) is 2.33. The molecule has 0 bridgehead atoms. The second-order valence-corrected chi connectivity index (χ2v) is 5.24. The van der Waals surface area contributed by atoms with Crippen LogP contribution < -0.4 is 10.1 Å². The number of carbonyl (C=O) groups is 3. The van der Waals surface area contributed by atoms with Gasteiger partial charge < -0.3 is 14.8 Å². The van der Waals surface area contributed by atoms with E-state index in [0.717, 1.165) is 0 Å². The molecule has 6 nitrogen and oxygen atoms in total. The fraction of sp³-hybridized carbons (Fsp3) is 0.438. The maximum absolute atomic E-state index is 12.3. The van der Waals surface area contributed by atoms with Crippen LogP contribution in [-0.2, 0) is 14.3 Å². The molecule has 1 atom stereocenters. The van der Waals surface area contributed by atoms with E-state index < -0.39 is 11.6 Å². The zero-order valence-corrected chi connectivity index (χ0v) is 12.9. The van der Waals surface area contributed by atoms with Crippen LogP contribution in [0.15, 0.2) is 18.2 Å². The van der Waals surface area contributed by atoms with Gasteiger partial charge in [0, 0.05) is 26.5 Å². The van der Waals surface area contributed by atoms with E-state index in [1.165, 1.54) is 19.4 Å². The molecule has 1 saturated heterocycles. The molecule has 1 unspecified atom stereocenters. The van der Waals surface area contributed by atoms with Gasteiger partial charge in [-0.05, 0) is 12.1 Å². The van der Waals surface area contributed by atoms with Crippen molar-refractivity contribution in [1.82, 2.24) is 0 Å². The van der Waals surface area contributed by atoms with E-state index in [1.54, 1.807) is 12.1 Å². The van der Waals surface area contributed by atoms with Gasteiger partial charge in [-0.3, -0.25) is 9.59 Å². The van der Waals surface area contributed by atoms with Gasteiger partial charge in [0.1, 0.15) is 5.75 Å². The number of fused-ring (bicyclic) bond motifs is 1. The highest BCUT2D eigenvalue weighted by Crippen LogP contribution is 2.41. The summed E-state index contributed by atoms with van der Waals surface area (Å²) in [6.07, 6.45) is 1.47. The van der Waals surface area contributed by atoms with Gasteiger partial charge in [-0.15, -0.1) is 0 Å². The van der Waals surface area contributed by atoms with Gasteiger partial charge in [-0.1, -0.05) is 20.3 Å². The second kappa shape index (κ2) is 6.17. The molecule has 0 radical (unpaired) electrons. The molecule has 2 aliphatic heterocycles. The average Bonchev–Trinajstić information content (AvgIpc) is 2.93. The topological polar surface area (TPSA) is 81.7 Å². The maximum Gasteiger partial charge on any atom is 0.358 e. The number of anilines is 1. The van der Waals surface area contributed by atoms with Crippen LogP contribution in [0.1, 0.15) is 45.4 Å². The van der Waals surface area contributed by atoms with E-state index in [4.69, 9.17) is 9.47 Å². The Hall–Kier alpha value is -2.37. The number of carbonyl (C=O) groups excluding carboxylic acids is 3. The predicted molar refractivity (Wildman–Crippen MR) is 82.1 cm³/mol. The number of ether oxygens (including phenoxy) is 2. The van der Waals surface area contributed by atoms with E-state index in [2.05, 4.69) is 19.2 Å². The molecule has 1 fully saturated rings. The first-order valence-corrected chi connectivity index (χ1v) is 7.27. The van der Waals surface area contributed by atoms with Crippen LogP contribution in [0.3, 0.4) is 0 Å². The summed E-state index contributed by atoms with van der Waals surface area (Å²) < 4.78 is 10.4. The maximum atomic E-state index is 12.3. The molecule has 6 heteroatoms. The summed E-state index contributed by atoms with van der Waals surface area (Å²) in [5.41, 5.74) is -0.660. The number of Topliss-reactive ketones (excluding diaryl/α,β-unsaturated/α-hetero) is 1. The van der Waals surface area contributed by atoms with Gasteiger partial charge in [-0.2, -0.15) is 0 Å². The van der Waals surface area contributed by atoms with E-state index in [0.29, 0.717) is 17.0 Å². The Morgan fingerprint density at radius 3 is 2.59 bits per heavy atom. The highest BCUT2D eigenvalue weighted by Gasteiger charge is 2.58. The second-order valence-electron chi connectivity index (χ2n) is 5.24. The van der Waals surface area contributed by atoms with E-state index in [1.807, 2.05) is 0 Å². The molecule has 120 valence electrons. The Morgan fingerprint density at radius 1 is 1.36 bits per heavy atom. The SMILES string of the molecule is CC(=O)Nc1ccc2c(c1)OC1(CCOC1=O)C2=O.CCC.[HH]. The molecule has 0 saturated carbocycles. The van der Waals surface area contributed by atoms with Gasteiger partial charge in [0.25, 0.3) is 5.60 Å². The number of amides is 1. The van der Waals surface area contributed by atoms with E-state index in [-0.39, 0.29) is 26.1 Å². The standard InChI is InChI=1S/C13H11NO5.C3H8.H2/c1-7(15)14-8-2-3-9-10(6-8)19-13(11(9)16)4-5-18-12(13)17;1-3-2;/h2-3,6H,4-5H2,1H3,(H,14,15);3H2,1-2H3;1H. The third-order valence-corrected chi connectivity index (χ3v) is 3.21. The normalized spacial score (nSPS) is 21.6. The minimum absolute atomic E-state index is 0. The number of cyclic esters (lactones) is 1. The Kier molecular flexibility index (Phi) is 4.49. The number of hydrogen-bond acceptors (Lipinski definition) is 5. The summed E-state index contributed by atoms with van der Waals surface area (Å²) in [5.74, 6) is -0.941. The Bertz CT molecular complexity index is 631. The van der Waals surface area contributed by atoms with Crippen molar-refractivity contribution >= 4 is 23.3 Å². The molecule has 3 rings (SSSR count). The van der Waals surface area contributed by atoms with Crippen LogP contribution in [0.2, 0.25) is 0 Å². The molecule has 22 heavy (non-hydrogen) atoms. The summed E-state index contributed by atoms with van der Waals surface area (Å²) in [6.45, 7) is 5.81. The quantitative estimate of drug-likeness (QED) is 0.637. The number of benzene rings is 1. The van der Waals surface area contributed by atoms with Crippen molar-refractivity contribution < 1.29 is 25.3 Å². The molecule has 1 N–H and O–H groups in total. The zero-order valence-electron chi connectivity index (χ0n) is 12.9. The van der Waals surface area contributed by atoms with E-state index in [9.17, 15) is 14.4 Å². The Labute approximate surface area is 130 Å². The summed E-state index contributed by atoms with van der Waals surface area (Å²) in [4.78, 5) is 34.9. The molecular weight excluding hydrogens is 286 g/mol. The molecule has 1 aromatic carbocycles. The van der Waals surface area contributed by atoms with Gasteiger partial charge in [0.05, 0.1) is 12.2 Å². The monoisotopic (exact) mass is 307 g/mol. The lowest BCUT2D eigenvalue weighted by Crippen LogP contribution is -2.44. The molecule has 0 aliphatic carbocycles. The van der Waals surface area contributed by atoms with Crippen molar-refractivity contribution in [2.24, 2.45) is 0 Å². The summed E-state index contributed by atoms with van der Waals surface area (Å²) in [7, 11) is 0. The van der Waals surface area contributed by atoms with Crippen molar-refractivity contribution in [1.29, 1.82) is 0 Å². The highest BCUT2D eigenvalue weighted by atomic mass is 16.6. The lowest BCUT2D eigenvalue weighted by Gasteiger charge is -2.15. The van der Waals surface area contributed by atoms with Crippen LogP contribution >= 0.6 is 0 Å². The van der Waals surface area contributed by atoms with Crippen molar-refractivity contribution in [2.75, 3.05) is 11.9 Å². The van der Waals surface area contributed by atoms with Crippen LogP contribution in [0, 0.1) is 0 Å². The summed E-state index contributed by atoms with van der Waals surface area (Å²) in [5, 5.41) is 2.59. The van der Waals surface area contributed by atoms with Crippen LogP contribution in [0.4, 0.5) is 5.69 Å². The third-order valence-electron chi connectivity index (χ3n) is 3.21. The first kappa shape index (κ1) is 16.0. The smallest absolute Gasteiger partial charge is 0.358 e. The van der Waals surface area contributed by atoms with Crippen molar-refractivity contribution in [3.8, 4) is 5.75 Å². The zero-order chi connectivity index (χ0) is 16.3. The van der Waals surface area contributed by atoms with Gasteiger partial charge >= 0.3 is 5.97 Å². The third kappa shape index (κ3) is 2.68. The minimum Gasteiger partial charge on any atom is -0.466 e. The summed E-state index contributed by atoms with van der Waals surface area (Å²) in [6, 6.07) is 4.68. The number of ketones is 1. The molecule has 2 heterocycles. The molecule has 2 aliphatic rings. The Morgan fingerprint density at radius 2 is 2.05 bits per heavy atom. The lowest BCUT2D eigenvalue weighted by molar-refractivity contribution is -0.147. The molecule has 1 aromatic rings. The van der Waals surface area contributed by atoms with Gasteiger partial charge in [-0.25, -0.2) is 4.79 Å². The molecule has 1 spiro atoms.